The molecule has 0 heterocycles. The molecule has 3 nitrogen and oxygen atoms in total. The summed E-state index contributed by atoms with van der Waals surface area (Å²) < 4.78 is 27.0. The van der Waals surface area contributed by atoms with Crippen molar-refractivity contribution in [1.29, 1.82) is 0 Å². The first-order chi connectivity index (χ1) is 10.4. The summed E-state index contributed by atoms with van der Waals surface area (Å²) in [6, 6.07) is 10.8. The molecule has 2 aromatic rings. The molecule has 0 aliphatic carbocycles. The van der Waals surface area contributed by atoms with E-state index in [9.17, 15) is 13.6 Å². The average molecular weight is 302 g/mol. The van der Waals surface area contributed by atoms with E-state index < -0.39 is 17.9 Å². The number of halogens is 2. The van der Waals surface area contributed by atoms with Crippen LogP contribution < -0.4 is 11.1 Å². The van der Waals surface area contributed by atoms with E-state index in [1.54, 1.807) is 30.3 Å². The van der Waals surface area contributed by atoms with Crippen molar-refractivity contribution >= 4 is 22.9 Å². The zero-order valence-corrected chi connectivity index (χ0v) is 12.1. The SMILES string of the molecule is C=C(c1ccccc1F)c1cc(N)ccc1NC(=O)C(C)F. The van der Waals surface area contributed by atoms with Crippen molar-refractivity contribution < 1.29 is 13.6 Å². The number of rotatable bonds is 4. The van der Waals surface area contributed by atoms with E-state index in [2.05, 4.69) is 11.9 Å². The van der Waals surface area contributed by atoms with Gasteiger partial charge < -0.3 is 11.1 Å². The fraction of sp³-hybridized carbons (Fsp3) is 0.118. The molecule has 0 saturated heterocycles. The van der Waals surface area contributed by atoms with Crippen LogP contribution in [0.1, 0.15) is 18.1 Å². The van der Waals surface area contributed by atoms with E-state index in [4.69, 9.17) is 5.73 Å². The standard InChI is InChI=1S/C17H16F2N2O/c1-10(13-5-3-4-6-15(13)19)14-9-12(20)7-8-16(14)21-17(22)11(2)18/h3-9,11H,1,20H2,2H3,(H,21,22). The molecule has 3 N–H and O–H groups in total. The molecule has 0 fully saturated rings. The third-order valence-electron chi connectivity index (χ3n) is 3.19. The number of hydrogen-bond donors (Lipinski definition) is 2. The van der Waals surface area contributed by atoms with E-state index in [-0.39, 0.29) is 5.56 Å². The maximum Gasteiger partial charge on any atom is 0.258 e. The molecule has 22 heavy (non-hydrogen) atoms. The molecule has 0 bridgehead atoms. The van der Waals surface area contributed by atoms with Gasteiger partial charge in [0.2, 0.25) is 0 Å². The molecule has 2 aromatic carbocycles. The Morgan fingerprint density at radius 1 is 1.23 bits per heavy atom. The van der Waals surface area contributed by atoms with Gasteiger partial charge in [-0.3, -0.25) is 4.79 Å². The quantitative estimate of drug-likeness (QED) is 0.845. The summed E-state index contributed by atoms with van der Waals surface area (Å²) in [6.07, 6.45) is -1.66. The lowest BCUT2D eigenvalue weighted by Crippen LogP contribution is -2.21. The highest BCUT2D eigenvalue weighted by Crippen LogP contribution is 2.31. The van der Waals surface area contributed by atoms with Crippen LogP contribution in [-0.2, 0) is 4.79 Å². The Kier molecular flexibility index (Phi) is 4.56. The number of carbonyl (C=O) groups is 1. The highest BCUT2D eigenvalue weighted by atomic mass is 19.1. The van der Waals surface area contributed by atoms with Gasteiger partial charge in [0.15, 0.2) is 6.17 Å². The second-order valence-corrected chi connectivity index (χ2v) is 4.87. The third-order valence-corrected chi connectivity index (χ3v) is 3.19. The zero-order chi connectivity index (χ0) is 16.3. The largest absolute Gasteiger partial charge is 0.399 e. The summed E-state index contributed by atoms with van der Waals surface area (Å²) >= 11 is 0. The Morgan fingerprint density at radius 3 is 2.55 bits per heavy atom. The average Bonchev–Trinajstić information content (AvgIpc) is 2.48. The van der Waals surface area contributed by atoms with Crippen molar-refractivity contribution in [3.8, 4) is 0 Å². The number of anilines is 2. The Balaban J connectivity index is 2.45. The summed E-state index contributed by atoms with van der Waals surface area (Å²) in [5, 5.41) is 2.45. The Morgan fingerprint density at radius 2 is 1.91 bits per heavy atom. The van der Waals surface area contributed by atoms with Gasteiger partial charge in [-0.25, -0.2) is 8.78 Å². The number of alkyl halides is 1. The third kappa shape index (κ3) is 3.31. The van der Waals surface area contributed by atoms with E-state index in [1.165, 1.54) is 12.1 Å². The number of nitrogens with two attached hydrogens (primary N) is 1. The fourth-order valence-electron chi connectivity index (χ4n) is 2.00. The molecule has 1 amide bonds. The number of carbonyl (C=O) groups excluding carboxylic acids is 1. The predicted molar refractivity (Wildman–Crippen MR) is 84.6 cm³/mol. The van der Waals surface area contributed by atoms with Crippen LogP contribution in [0, 0.1) is 5.82 Å². The van der Waals surface area contributed by atoms with Gasteiger partial charge in [-0.15, -0.1) is 0 Å². The first-order valence-corrected chi connectivity index (χ1v) is 6.68. The van der Waals surface area contributed by atoms with Crippen molar-refractivity contribution in [3.05, 3.63) is 66.0 Å². The molecule has 5 heteroatoms. The molecule has 0 aromatic heterocycles. The lowest BCUT2D eigenvalue weighted by molar-refractivity contribution is -0.120. The van der Waals surface area contributed by atoms with Crippen LogP contribution in [0.3, 0.4) is 0 Å². The smallest absolute Gasteiger partial charge is 0.258 e. The van der Waals surface area contributed by atoms with Crippen molar-refractivity contribution in [2.45, 2.75) is 13.1 Å². The molecular weight excluding hydrogens is 286 g/mol. The lowest BCUT2D eigenvalue weighted by Gasteiger charge is -2.15. The van der Waals surface area contributed by atoms with Gasteiger partial charge in [-0.05, 0) is 36.8 Å². The lowest BCUT2D eigenvalue weighted by atomic mass is 9.97. The molecule has 0 radical (unpaired) electrons. The van der Waals surface area contributed by atoms with Crippen LogP contribution in [0.5, 0.6) is 0 Å². The Labute approximate surface area is 127 Å². The first-order valence-electron chi connectivity index (χ1n) is 6.68. The van der Waals surface area contributed by atoms with Gasteiger partial charge in [0.05, 0.1) is 0 Å². The Bertz CT molecular complexity index is 726. The molecular formula is C17H16F2N2O. The molecule has 0 saturated carbocycles. The maximum atomic E-state index is 13.9. The number of benzene rings is 2. The first kappa shape index (κ1) is 15.7. The van der Waals surface area contributed by atoms with Gasteiger partial charge in [0.25, 0.3) is 5.91 Å². The van der Waals surface area contributed by atoms with E-state index in [0.29, 0.717) is 22.5 Å². The van der Waals surface area contributed by atoms with Crippen molar-refractivity contribution in [2.75, 3.05) is 11.1 Å². The molecule has 2 rings (SSSR count). The van der Waals surface area contributed by atoms with E-state index in [1.807, 2.05) is 0 Å². The number of hydrogen-bond acceptors (Lipinski definition) is 2. The second-order valence-electron chi connectivity index (χ2n) is 4.87. The summed E-state index contributed by atoms with van der Waals surface area (Å²) in [6.45, 7) is 5.01. The maximum absolute atomic E-state index is 13.9. The normalized spacial score (nSPS) is 11.8. The number of nitrogens with one attached hydrogen (secondary N) is 1. The van der Waals surface area contributed by atoms with Crippen LogP contribution in [0.4, 0.5) is 20.2 Å². The van der Waals surface area contributed by atoms with E-state index >= 15 is 0 Å². The van der Waals surface area contributed by atoms with Crippen LogP contribution in [0.15, 0.2) is 49.0 Å². The number of nitrogen functional groups attached to an aromatic ring is 1. The molecule has 0 aliphatic rings. The summed E-state index contributed by atoms with van der Waals surface area (Å²) in [5.41, 5.74) is 7.60. The van der Waals surface area contributed by atoms with Crippen molar-refractivity contribution in [3.63, 3.8) is 0 Å². The van der Waals surface area contributed by atoms with Crippen LogP contribution in [0.25, 0.3) is 5.57 Å². The molecule has 0 spiro atoms. The van der Waals surface area contributed by atoms with Crippen molar-refractivity contribution in [2.24, 2.45) is 0 Å². The summed E-state index contributed by atoms with van der Waals surface area (Å²) in [7, 11) is 0. The molecule has 1 unspecified atom stereocenters. The van der Waals surface area contributed by atoms with Crippen molar-refractivity contribution in [1.82, 2.24) is 0 Å². The fourth-order valence-corrected chi connectivity index (χ4v) is 2.00. The highest BCUT2D eigenvalue weighted by molar-refractivity contribution is 5.98. The monoisotopic (exact) mass is 302 g/mol. The predicted octanol–water partition coefficient (Wildman–Crippen LogP) is 3.77. The Hall–Kier alpha value is -2.69. The number of amides is 1. The topological polar surface area (TPSA) is 55.1 Å². The van der Waals surface area contributed by atoms with E-state index in [0.717, 1.165) is 6.92 Å². The van der Waals surface area contributed by atoms with Gasteiger partial charge in [0, 0.05) is 22.5 Å². The van der Waals surface area contributed by atoms with Gasteiger partial charge in [-0.2, -0.15) is 0 Å². The minimum atomic E-state index is -1.66. The highest BCUT2D eigenvalue weighted by Gasteiger charge is 2.16. The van der Waals surface area contributed by atoms with Gasteiger partial charge >= 0.3 is 0 Å². The van der Waals surface area contributed by atoms with Crippen LogP contribution in [0.2, 0.25) is 0 Å². The summed E-state index contributed by atoms with van der Waals surface area (Å²) in [5.74, 6) is -1.22. The minimum absolute atomic E-state index is 0.289. The molecule has 114 valence electrons. The molecule has 1 atom stereocenters. The minimum Gasteiger partial charge on any atom is -0.399 e. The van der Waals surface area contributed by atoms with Crippen LogP contribution in [-0.4, -0.2) is 12.1 Å². The summed E-state index contributed by atoms with van der Waals surface area (Å²) in [4.78, 5) is 11.6. The zero-order valence-electron chi connectivity index (χ0n) is 12.1. The van der Waals surface area contributed by atoms with Gasteiger partial charge in [0.1, 0.15) is 5.82 Å². The van der Waals surface area contributed by atoms with Gasteiger partial charge in [-0.1, -0.05) is 24.8 Å². The van der Waals surface area contributed by atoms with Crippen LogP contribution >= 0.6 is 0 Å². The molecule has 0 aliphatic heterocycles. The second kappa shape index (κ2) is 6.39.